The van der Waals surface area contributed by atoms with Crippen molar-refractivity contribution in [2.75, 3.05) is 25.8 Å². The van der Waals surface area contributed by atoms with Crippen LogP contribution < -0.4 is 36.4 Å². The number of hydrogen-bond donors (Lipinski definition) is 1. The summed E-state index contributed by atoms with van der Waals surface area (Å²) < 4.78 is 44.2. The summed E-state index contributed by atoms with van der Waals surface area (Å²) in [5.74, 6) is 1.68. The molecule has 0 radical (unpaired) electrons. The Balaban J connectivity index is 1.18. The Hall–Kier alpha value is -2.74. The number of ether oxygens (including phenoxy) is 2. The van der Waals surface area contributed by atoms with Crippen molar-refractivity contribution in [3.05, 3.63) is 66.2 Å². The second-order valence-electron chi connectivity index (χ2n) is 9.47. The van der Waals surface area contributed by atoms with E-state index in [-0.39, 0.29) is 21.6 Å². The molecule has 3 aliphatic rings. The Kier molecular flexibility index (Phi) is 6.79. The van der Waals surface area contributed by atoms with Crippen molar-refractivity contribution in [3.63, 3.8) is 0 Å². The summed E-state index contributed by atoms with van der Waals surface area (Å²) in [7, 11) is -1.95. The number of nitrogens with one attached hydrogen (secondary N) is 1. The second kappa shape index (κ2) is 10.1. The van der Waals surface area contributed by atoms with Gasteiger partial charge in [0, 0.05) is 0 Å². The van der Waals surface area contributed by atoms with Crippen molar-refractivity contribution in [1.29, 1.82) is 0 Å². The van der Waals surface area contributed by atoms with E-state index in [1.54, 1.807) is 41.7 Å². The standard InChI is InChI=1S/C27H27IN3O6S/c1-35-28-24-5-3-15-31(24)38(33,34)20-10-7-18(8-11-20)21-4-2-6-25(29-21)30-26(32)27(13-14-27)19-9-12-22-23(16-19)37-17-36-22/h2,4,6-12,16,24H,3,5,13-15,17H2,1H3,(H,29,30,32)/q-1/t24-/m0/s1. The number of carbonyl (C=O) groups is 1. The summed E-state index contributed by atoms with van der Waals surface area (Å²) in [4.78, 5) is 18.2. The van der Waals surface area contributed by atoms with Crippen molar-refractivity contribution >= 4 is 21.7 Å². The van der Waals surface area contributed by atoms with E-state index in [9.17, 15) is 13.2 Å². The summed E-state index contributed by atoms with van der Waals surface area (Å²) in [5.41, 5.74) is 1.70. The van der Waals surface area contributed by atoms with Crippen LogP contribution in [0.15, 0.2) is 65.6 Å². The fourth-order valence-electron chi connectivity index (χ4n) is 4.96. The van der Waals surface area contributed by atoms with Crippen LogP contribution in [0.25, 0.3) is 11.3 Å². The van der Waals surface area contributed by atoms with Crippen molar-refractivity contribution in [2.45, 2.75) is 40.0 Å². The number of hydrogen-bond acceptors (Lipinski definition) is 7. The number of rotatable bonds is 8. The van der Waals surface area contributed by atoms with Crippen LogP contribution >= 0.6 is 0 Å². The number of sulfonamides is 1. The molecule has 38 heavy (non-hydrogen) atoms. The van der Waals surface area contributed by atoms with Crippen LogP contribution in [0.1, 0.15) is 31.2 Å². The minimum absolute atomic E-state index is 0.0298. The molecule has 200 valence electrons. The number of pyridine rings is 1. The molecule has 1 amide bonds. The molecule has 2 aromatic carbocycles. The molecule has 1 aliphatic carbocycles. The van der Waals surface area contributed by atoms with Crippen molar-refractivity contribution < 1.29 is 47.4 Å². The average molecular weight is 648 g/mol. The number of amides is 1. The summed E-state index contributed by atoms with van der Waals surface area (Å²) in [6.07, 6.45) is 3.19. The molecule has 0 spiro atoms. The van der Waals surface area contributed by atoms with Gasteiger partial charge in [-0.05, 0) is 30.5 Å². The summed E-state index contributed by atoms with van der Waals surface area (Å²) >= 11 is -0.659. The van der Waals surface area contributed by atoms with Gasteiger partial charge in [-0.25, -0.2) is 0 Å². The van der Waals surface area contributed by atoms with Crippen molar-refractivity contribution in [3.8, 4) is 22.8 Å². The zero-order valence-electron chi connectivity index (χ0n) is 20.7. The van der Waals surface area contributed by atoms with Gasteiger partial charge in [0.25, 0.3) is 0 Å². The number of carbonyl (C=O) groups excluding carboxylic acids is 1. The second-order valence-corrected chi connectivity index (χ2v) is 14.2. The van der Waals surface area contributed by atoms with Gasteiger partial charge in [-0.2, -0.15) is 0 Å². The number of fused-ring (bicyclic) bond motifs is 1. The van der Waals surface area contributed by atoms with E-state index in [0.29, 0.717) is 29.6 Å². The normalized spacial score (nSPS) is 20.0. The molecule has 3 aromatic rings. The van der Waals surface area contributed by atoms with E-state index in [1.165, 1.54) is 0 Å². The van der Waals surface area contributed by atoms with Crippen molar-refractivity contribution in [1.82, 2.24) is 9.29 Å². The average Bonchev–Trinajstić information content (AvgIpc) is 3.37. The SMILES string of the molecule is CO[I-][C@@H]1CCCN1S(=O)(=O)c1ccc(-c2cccc(NC(=O)C3(c4ccc5c(c4)OCO5)CC3)n2)cc1. The number of aromatic nitrogens is 1. The Labute approximate surface area is 232 Å². The van der Waals surface area contributed by atoms with E-state index < -0.39 is 37.1 Å². The molecular weight excluding hydrogens is 621 g/mol. The monoisotopic (exact) mass is 648 g/mol. The van der Waals surface area contributed by atoms with Crippen LogP contribution in [0.2, 0.25) is 0 Å². The van der Waals surface area contributed by atoms with E-state index in [4.69, 9.17) is 12.5 Å². The number of benzene rings is 2. The molecular formula is C27H27IN3O6S-. The molecule has 6 rings (SSSR count). The van der Waals surface area contributed by atoms with E-state index in [1.807, 2.05) is 30.3 Å². The van der Waals surface area contributed by atoms with Gasteiger partial charge < -0.3 is 9.47 Å². The maximum atomic E-state index is 13.3. The zero-order valence-corrected chi connectivity index (χ0v) is 23.7. The first-order valence-electron chi connectivity index (χ1n) is 12.4. The van der Waals surface area contributed by atoms with Gasteiger partial charge in [0.15, 0.2) is 11.5 Å². The summed E-state index contributed by atoms with van der Waals surface area (Å²) in [5, 5.41) is 2.98. The first-order chi connectivity index (χ1) is 18.4. The van der Waals surface area contributed by atoms with Crippen LogP contribution in [0.3, 0.4) is 0 Å². The van der Waals surface area contributed by atoms with Gasteiger partial charge in [0.05, 0.1) is 5.41 Å². The predicted molar refractivity (Wildman–Crippen MR) is 136 cm³/mol. The zero-order chi connectivity index (χ0) is 26.3. The Morgan fingerprint density at radius 2 is 1.89 bits per heavy atom. The van der Waals surface area contributed by atoms with Crippen LogP contribution in [-0.2, 0) is 23.3 Å². The molecule has 0 bridgehead atoms. The Bertz CT molecular complexity index is 1480. The van der Waals surface area contributed by atoms with Gasteiger partial charge in [0.1, 0.15) is 0 Å². The van der Waals surface area contributed by atoms with Gasteiger partial charge in [-0.1, -0.05) is 6.07 Å². The molecule has 1 aromatic heterocycles. The third kappa shape index (κ3) is 4.65. The molecule has 2 aliphatic heterocycles. The van der Waals surface area contributed by atoms with E-state index in [0.717, 1.165) is 36.8 Å². The van der Waals surface area contributed by atoms with Gasteiger partial charge in [-0.15, -0.1) is 0 Å². The fourth-order valence-corrected chi connectivity index (χ4v) is 9.42. The molecule has 1 saturated heterocycles. The third-order valence-corrected chi connectivity index (χ3v) is 11.9. The number of anilines is 1. The quantitative estimate of drug-likeness (QED) is 0.220. The predicted octanol–water partition coefficient (Wildman–Crippen LogP) is 0.909. The van der Waals surface area contributed by atoms with Crippen LogP contribution in [0.4, 0.5) is 5.82 Å². The summed E-state index contributed by atoms with van der Waals surface area (Å²) in [6, 6.07) is 17.8. The maximum absolute atomic E-state index is 13.3. The number of nitrogens with zero attached hydrogens (tertiary/aromatic N) is 2. The molecule has 1 N–H and O–H groups in total. The minimum atomic E-state index is -3.59. The first kappa shape index (κ1) is 25.5. The molecule has 1 saturated carbocycles. The van der Waals surface area contributed by atoms with E-state index in [2.05, 4.69) is 10.3 Å². The van der Waals surface area contributed by atoms with Crippen LogP contribution in [-0.4, -0.2) is 48.1 Å². The van der Waals surface area contributed by atoms with Gasteiger partial charge >= 0.3 is 159 Å². The fraction of sp³-hybridized carbons (Fsp3) is 0.333. The van der Waals surface area contributed by atoms with Gasteiger partial charge in [-0.3, -0.25) is 4.79 Å². The molecule has 0 unspecified atom stereocenters. The van der Waals surface area contributed by atoms with Crippen LogP contribution in [0.5, 0.6) is 11.5 Å². The number of halogens is 1. The summed E-state index contributed by atoms with van der Waals surface area (Å²) in [6.45, 7) is 0.713. The molecule has 11 heteroatoms. The first-order valence-corrected chi connectivity index (χ1v) is 15.9. The van der Waals surface area contributed by atoms with Gasteiger partial charge in [0.2, 0.25) is 6.79 Å². The number of alkyl halides is 1. The molecule has 9 nitrogen and oxygen atoms in total. The molecule has 1 atom stereocenters. The topological polar surface area (TPSA) is 107 Å². The molecule has 3 heterocycles. The third-order valence-electron chi connectivity index (χ3n) is 7.18. The Morgan fingerprint density at radius 3 is 2.66 bits per heavy atom. The molecule has 2 fully saturated rings. The van der Waals surface area contributed by atoms with E-state index >= 15 is 0 Å². The van der Waals surface area contributed by atoms with Crippen LogP contribution in [0, 0.1) is 0 Å². The Morgan fingerprint density at radius 1 is 1.11 bits per heavy atom. The van der Waals surface area contributed by atoms with Crippen molar-refractivity contribution in [2.24, 2.45) is 0 Å².